The van der Waals surface area contributed by atoms with Crippen molar-refractivity contribution in [3.05, 3.63) is 64.2 Å². The Bertz CT molecular complexity index is 1510. The third-order valence-corrected chi connectivity index (χ3v) is 6.69. The second-order valence-corrected chi connectivity index (χ2v) is 11.7. The van der Waals surface area contributed by atoms with Crippen LogP contribution in [0.15, 0.2) is 48.5 Å². The molecule has 1 heterocycles. The molecule has 0 saturated carbocycles. The van der Waals surface area contributed by atoms with E-state index in [1.807, 2.05) is 0 Å². The van der Waals surface area contributed by atoms with Gasteiger partial charge >= 0.3 is 12.2 Å². The summed E-state index contributed by atoms with van der Waals surface area (Å²) in [6.45, 7) is 5.83. The molecule has 17 nitrogen and oxygen atoms in total. The number of carbonyl (C=O) groups is 6. The molecule has 0 unspecified atom stereocenters. The first-order valence-corrected chi connectivity index (χ1v) is 14.9. The largest absolute Gasteiger partial charge is 0.514 e. The lowest BCUT2D eigenvalue weighted by molar-refractivity contribution is -0.384. The van der Waals surface area contributed by atoms with E-state index < -0.39 is 65.0 Å². The highest BCUT2D eigenvalue weighted by atomic mass is 16.7. The molecule has 4 N–H and O–H groups in total. The Morgan fingerprint density at radius 2 is 1.65 bits per heavy atom. The number of benzene rings is 2. The number of hydrogen-bond donors (Lipinski definition) is 4. The van der Waals surface area contributed by atoms with Crippen LogP contribution in [-0.2, 0) is 35.3 Å². The Balaban J connectivity index is 1.39. The Kier molecular flexibility index (Phi) is 12.8. The van der Waals surface area contributed by atoms with Crippen molar-refractivity contribution in [2.24, 2.45) is 0 Å². The number of non-ortho nitro benzene ring substituents is 1. The molecule has 2 aromatic carbocycles. The summed E-state index contributed by atoms with van der Waals surface area (Å²) >= 11 is 0. The Hall–Kier alpha value is -5.74. The van der Waals surface area contributed by atoms with E-state index in [0.717, 1.165) is 0 Å². The van der Waals surface area contributed by atoms with Crippen LogP contribution >= 0.6 is 0 Å². The molecule has 0 radical (unpaired) electrons. The lowest BCUT2D eigenvalue weighted by Gasteiger charge is -2.24. The summed E-state index contributed by atoms with van der Waals surface area (Å²) in [6.07, 6.45) is -0.777. The maximum atomic E-state index is 13.0. The molecule has 1 aliphatic heterocycles. The van der Waals surface area contributed by atoms with Crippen LogP contribution in [0.25, 0.3) is 0 Å². The normalized spacial score (nSPS) is 14.6. The molecule has 5 amide bonds. The number of nitrogens with one attached hydrogen (secondary N) is 4. The summed E-state index contributed by atoms with van der Waals surface area (Å²) in [5, 5.41) is 20.6. The zero-order chi connectivity index (χ0) is 35.4. The molecule has 2 aromatic rings. The molecule has 1 fully saturated rings. The molecule has 258 valence electrons. The van der Waals surface area contributed by atoms with E-state index in [2.05, 4.69) is 21.3 Å². The highest BCUT2D eigenvalue weighted by Gasteiger charge is 2.34. The van der Waals surface area contributed by atoms with Crippen molar-refractivity contribution >= 4 is 47.3 Å². The second kappa shape index (κ2) is 16.7. The molecule has 1 saturated heterocycles. The van der Waals surface area contributed by atoms with Gasteiger partial charge in [-0.25, -0.2) is 9.59 Å². The average molecular weight is 671 g/mol. The first-order valence-electron chi connectivity index (χ1n) is 14.9. The number of hydrogen-bond acceptors (Lipinski definition) is 11. The molecule has 1 aliphatic rings. The number of nitrogens with zero attached hydrogens (tertiary/aromatic N) is 2. The first kappa shape index (κ1) is 36.7. The molecule has 0 aromatic heterocycles. The minimum Gasteiger partial charge on any atom is -0.444 e. The van der Waals surface area contributed by atoms with Gasteiger partial charge in [0.2, 0.25) is 23.6 Å². The zero-order valence-corrected chi connectivity index (χ0v) is 26.9. The van der Waals surface area contributed by atoms with Gasteiger partial charge in [-0.15, -0.1) is 0 Å². The maximum Gasteiger partial charge on any atom is 0.514 e. The van der Waals surface area contributed by atoms with Gasteiger partial charge in [0, 0.05) is 24.4 Å². The van der Waals surface area contributed by atoms with Crippen LogP contribution in [0.5, 0.6) is 5.75 Å². The summed E-state index contributed by atoms with van der Waals surface area (Å²) in [6, 6.07) is 9.62. The van der Waals surface area contributed by atoms with Gasteiger partial charge < -0.3 is 40.4 Å². The van der Waals surface area contributed by atoms with Gasteiger partial charge in [0.05, 0.1) is 18.0 Å². The molecule has 2 atom stereocenters. The molecule has 0 aliphatic carbocycles. The van der Waals surface area contributed by atoms with Crippen molar-refractivity contribution in [2.75, 3.05) is 25.0 Å². The van der Waals surface area contributed by atoms with Crippen molar-refractivity contribution in [2.45, 2.75) is 64.8 Å². The average Bonchev–Trinajstić information content (AvgIpc) is 3.52. The van der Waals surface area contributed by atoms with Crippen LogP contribution in [0.2, 0.25) is 0 Å². The summed E-state index contributed by atoms with van der Waals surface area (Å²) in [5.41, 5.74) is 0.136. The third-order valence-electron chi connectivity index (χ3n) is 6.69. The predicted octanol–water partition coefficient (Wildman–Crippen LogP) is 2.39. The summed E-state index contributed by atoms with van der Waals surface area (Å²) in [4.78, 5) is 85.6. The van der Waals surface area contributed by atoms with Gasteiger partial charge in [0.1, 0.15) is 30.0 Å². The number of amides is 5. The fraction of sp³-hybridized carbons (Fsp3) is 0.419. The van der Waals surface area contributed by atoms with Crippen LogP contribution in [0.4, 0.5) is 21.0 Å². The van der Waals surface area contributed by atoms with E-state index in [1.165, 1.54) is 36.1 Å². The van der Waals surface area contributed by atoms with Crippen molar-refractivity contribution in [3.63, 3.8) is 0 Å². The van der Waals surface area contributed by atoms with Crippen molar-refractivity contribution < 1.29 is 47.9 Å². The van der Waals surface area contributed by atoms with Gasteiger partial charge in [-0.05, 0) is 70.4 Å². The SMILES string of the molecule is C[C@H](NC(=O)OC(C)(C)C)C(=O)NCC(=O)NCC(=O)N1CCC[C@H]1C(=O)Nc1ccc(COC(=O)Oc2ccc([N+](=O)[O-])cc2)cc1. The molecular weight excluding hydrogens is 632 g/mol. The van der Waals surface area contributed by atoms with E-state index in [9.17, 15) is 38.9 Å². The Morgan fingerprint density at radius 3 is 2.27 bits per heavy atom. The lowest BCUT2D eigenvalue weighted by atomic mass is 10.1. The Labute approximate surface area is 275 Å². The summed E-state index contributed by atoms with van der Waals surface area (Å²) < 4.78 is 15.1. The number of likely N-dealkylation sites (tertiary alicyclic amines) is 1. The van der Waals surface area contributed by atoms with Crippen LogP contribution in [0.1, 0.15) is 46.1 Å². The molecular formula is C31H38N6O11. The first-order chi connectivity index (χ1) is 22.6. The van der Waals surface area contributed by atoms with Gasteiger partial charge in [0.25, 0.3) is 5.69 Å². The molecule has 3 rings (SSSR count). The smallest absolute Gasteiger partial charge is 0.444 e. The topological polar surface area (TPSA) is 225 Å². The quantitative estimate of drug-likeness (QED) is 0.111. The zero-order valence-electron chi connectivity index (χ0n) is 26.9. The van der Waals surface area contributed by atoms with Crippen LogP contribution in [-0.4, -0.2) is 83.0 Å². The van der Waals surface area contributed by atoms with Gasteiger partial charge in [-0.3, -0.25) is 29.3 Å². The van der Waals surface area contributed by atoms with Gasteiger partial charge in [-0.1, -0.05) is 12.1 Å². The van der Waals surface area contributed by atoms with E-state index in [4.69, 9.17) is 14.2 Å². The van der Waals surface area contributed by atoms with Crippen molar-refractivity contribution in [1.29, 1.82) is 0 Å². The van der Waals surface area contributed by atoms with Crippen LogP contribution < -0.4 is 26.0 Å². The number of carbonyl (C=O) groups excluding carboxylic acids is 6. The summed E-state index contributed by atoms with van der Waals surface area (Å²) in [5.74, 6) is -2.07. The monoisotopic (exact) mass is 670 g/mol. The fourth-order valence-electron chi connectivity index (χ4n) is 4.36. The molecule has 0 bridgehead atoms. The number of nitro benzene ring substituents is 1. The third kappa shape index (κ3) is 11.9. The van der Waals surface area contributed by atoms with E-state index >= 15 is 0 Å². The van der Waals surface area contributed by atoms with Gasteiger partial charge in [-0.2, -0.15) is 0 Å². The number of anilines is 1. The molecule has 48 heavy (non-hydrogen) atoms. The van der Waals surface area contributed by atoms with E-state index in [-0.39, 0.29) is 24.6 Å². The standard InChI is InChI=1S/C31H38N6O11/c1-19(34-29(42)48-31(2,3)4)27(40)33-16-25(38)32-17-26(39)36-15-5-6-24(36)28(41)35-21-9-7-20(8-10-21)18-46-30(43)47-23-13-11-22(12-14-23)37(44)45/h7-14,19,24H,5-6,15-18H2,1-4H3,(H,32,38)(H,33,40)(H,34,42)(H,35,41)/t19-,24-/m0/s1. The van der Waals surface area contributed by atoms with E-state index in [1.54, 1.807) is 45.0 Å². The number of rotatable bonds is 12. The Morgan fingerprint density at radius 1 is 0.979 bits per heavy atom. The number of nitro groups is 1. The maximum absolute atomic E-state index is 13.0. The van der Waals surface area contributed by atoms with Crippen molar-refractivity contribution in [1.82, 2.24) is 20.9 Å². The molecule has 17 heteroatoms. The minimum absolute atomic E-state index is 0.0789. The van der Waals surface area contributed by atoms with Crippen molar-refractivity contribution in [3.8, 4) is 5.75 Å². The number of ether oxygens (including phenoxy) is 3. The number of alkyl carbamates (subject to hydrolysis) is 1. The molecule has 0 spiro atoms. The highest BCUT2D eigenvalue weighted by molar-refractivity contribution is 5.98. The predicted molar refractivity (Wildman–Crippen MR) is 169 cm³/mol. The van der Waals surface area contributed by atoms with Gasteiger partial charge in [0.15, 0.2) is 0 Å². The van der Waals surface area contributed by atoms with E-state index in [0.29, 0.717) is 30.6 Å². The minimum atomic E-state index is -1.00. The van der Waals surface area contributed by atoms with Crippen LogP contribution in [0, 0.1) is 10.1 Å². The van der Waals surface area contributed by atoms with Crippen LogP contribution in [0.3, 0.4) is 0 Å². The summed E-state index contributed by atoms with van der Waals surface area (Å²) in [7, 11) is 0. The second-order valence-electron chi connectivity index (χ2n) is 11.7. The lowest BCUT2D eigenvalue weighted by Crippen LogP contribution is -2.50. The highest BCUT2D eigenvalue weighted by Crippen LogP contribution is 2.21. The fourth-order valence-corrected chi connectivity index (χ4v) is 4.36.